The Labute approximate surface area is 124 Å². The predicted octanol–water partition coefficient (Wildman–Crippen LogP) is 5.21. The summed E-state index contributed by atoms with van der Waals surface area (Å²) in [6, 6.07) is 0. The molecule has 0 radical (unpaired) electrons. The van der Waals surface area contributed by atoms with Crippen molar-refractivity contribution in [3.8, 4) is 0 Å². The number of hydrogen-bond acceptors (Lipinski definition) is 2. The van der Waals surface area contributed by atoms with E-state index in [0.717, 1.165) is 24.8 Å². The molecule has 0 saturated carbocycles. The third-order valence-electron chi connectivity index (χ3n) is 3.26. The molecule has 114 valence electrons. The van der Waals surface area contributed by atoms with Gasteiger partial charge in [-0.3, -0.25) is 0 Å². The maximum absolute atomic E-state index is 11.2. The van der Waals surface area contributed by atoms with Gasteiger partial charge < -0.3 is 4.74 Å². The Morgan fingerprint density at radius 1 is 1.25 bits per heavy atom. The van der Waals surface area contributed by atoms with Crippen LogP contribution < -0.4 is 0 Å². The van der Waals surface area contributed by atoms with Gasteiger partial charge in [0.25, 0.3) is 0 Å². The number of rotatable bonds is 9. The SMILES string of the molecule is CCOC(=O)C=C(C)C=CCC(C)CCC=C(C)CC. The Morgan fingerprint density at radius 3 is 2.55 bits per heavy atom. The number of allylic oxidation sites excluding steroid dienone is 5. The Hall–Kier alpha value is -1.31. The van der Waals surface area contributed by atoms with Crippen molar-refractivity contribution in [3.05, 3.63) is 35.5 Å². The minimum atomic E-state index is -0.261. The molecule has 0 N–H and O–H groups in total. The molecule has 0 bridgehead atoms. The normalized spacial score (nSPS) is 14.7. The lowest BCUT2D eigenvalue weighted by atomic mass is 10.00. The van der Waals surface area contributed by atoms with E-state index in [0.29, 0.717) is 12.5 Å². The van der Waals surface area contributed by atoms with Crippen LogP contribution in [0.2, 0.25) is 0 Å². The molecule has 1 atom stereocenters. The number of hydrogen-bond donors (Lipinski definition) is 0. The van der Waals surface area contributed by atoms with Crippen molar-refractivity contribution in [1.29, 1.82) is 0 Å². The fraction of sp³-hybridized carbons (Fsp3) is 0.611. The molecule has 0 aromatic carbocycles. The zero-order chi connectivity index (χ0) is 15.4. The lowest BCUT2D eigenvalue weighted by Gasteiger charge is -2.06. The van der Waals surface area contributed by atoms with E-state index in [-0.39, 0.29) is 5.97 Å². The van der Waals surface area contributed by atoms with Gasteiger partial charge in [-0.2, -0.15) is 0 Å². The highest BCUT2D eigenvalue weighted by molar-refractivity contribution is 5.83. The summed E-state index contributed by atoms with van der Waals surface area (Å²) in [5, 5.41) is 0. The summed E-state index contributed by atoms with van der Waals surface area (Å²) in [6.45, 7) is 10.8. The van der Waals surface area contributed by atoms with E-state index in [1.807, 2.05) is 19.9 Å². The van der Waals surface area contributed by atoms with Gasteiger partial charge in [0, 0.05) is 6.08 Å². The van der Waals surface area contributed by atoms with Crippen molar-refractivity contribution in [1.82, 2.24) is 0 Å². The summed E-state index contributed by atoms with van der Waals surface area (Å²) < 4.78 is 4.87. The first-order valence-electron chi connectivity index (χ1n) is 7.66. The van der Waals surface area contributed by atoms with E-state index in [1.54, 1.807) is 0 Å². The van der Waals surface area contributed by atoms with Gasteiger partial charge in [0.1, 0.15) is 0 Å². The second kappa shape index (κ2) is 11.5. The molecule has 0 heterocycles. The van der Waals surface area contributed by atoms with E-state index in [9.17, 15) is 4.79 Å². The molecule has 0 aliphatic heterocycles. The van der Waals surface area contributed by atoms with Crippen LogP contribution in [-0.4, -0.2) is 12.6 Å². The minimum Gasteiger partial charge on any atom is -0.463 e. The average molecular weight is 278 g/mol. The molecule has 1 unspecified atom stereocenters. The number of ether oxygens (including phenoxy) is 1. The Balaban J connectivity index is 4.02. The number of carbonyl (C=O) groups excluding carboxylic acids is 1. The highest BCUT2D eigenvalue weighted by Crippen LogP contribution is 2.13. The fourth-order valence-corrected chi connectivity index (χ4v) is 1.78. The third-order valence-corrected chi connectivity index (χ3v) is 3.26. The van der Waals surface area contributed by atoms with Gasteiger partial charge in [-0.15, -0.1) is 0 Å². The van der Waals surface area contributed by atoms with Crippen LogP contribution >= 0.6 is 0 Å². The Kier molecular flexibility index (Phi) is 10.8. The monoisotopic (exact) mass is 278 g/mol. The topological polar surface area (TPSA) is 26.3 Å². The van der Waals surface area contributed by atoms with Crippen LogP contribution in [0.4, 0.5) is 0 Å². The van der Waals surface area contributed by atoms with Crippen molar-refractivity contribution in [2.24, 2.45) is 5.92 Å². The van der Waals surface area contributed by atoms with Gasteiger partial charge in [0.2, 0.25) is 0 Å². The smallest absolute Gasteiger partial charge is 0.330 e. The zero-order valence-electron chi connectivity index (χ0n) is 13.7. The van der Waals surface area contributed by atoms with Gasteiger partial charge in [-0.05, 0) is 57.9 Å². The molecule has 0 amide bonds. The molecular weight excluding hydrogens is 248 g/mol. The summed E-state index contributed by atoms with van der Waals surface area (Å²) in [5.41, 5.74) is 2.42. The molecule has 2 heteroatoms. The van der Waals surface area contributed by atoms with Crippen molar-refractivity contribution in [2.75, 3.05) is 6.61 Å². The lowest BCUT2D eigenvalue weighted by molar-refractivity contribution is -0.137. The van der Waals surface area contributed by atoms with Crippen molar-refractivity contribution < 1.29 is 9.53 Å². The van der Waals surface area contributed by atoms with Crippen LogP contribution in [0.1, 0.15) is 60.3 Å². The molecule has 0 spiro atoms. The molecule has 0 rings (SSSR count). The quantitative estimate of drug-likeness (QED) is 0.250. The maximum Gasteiger partial charge on any atom is 0.330 e. The van der Waals surface area contributed by atoms with Crippen LogP contribution in [0.15, 0.2) is 35.5 Å². The van der Waals surface area contributed by atoms with Gasteiger partial charge in [0.15, 0.2) is 0 Å². The maximum atomic E-state index is 11.2. The van der Waals surface area contributed by atoms with E-state index >= 15 is 0 Å². The van der Waals surface area contributed by atoms with Crippen molar-refractivity contribution in [3.63, 3.8) is 0 Å². The van der Waals surface area contributed by atoms with E-state index in [1.165, 1.54) is 18.1 Å². The lowest BCUT2D eigenvalue weighted by Crippen LogP contribution is -1.99. The van der Waals surface area contributed by atoms with Crippen LogP contribution in [-0.2, 0) is 9.53 Å². The summed E-state index contributed by atoms with van der Waals surface area (Å²) in [5.74, 6) is 0.408. The second-order valence-electron chi connectivity index (χ2n) is 5.37. The summed E-state index contributed by atoms with van der Waals surface area (Å²) in [7, 11) is 0. The highest BCUT2D eigenvalue weighted by atomic mass is 16.5. The van der Waals surface area contributed by atoms with Crippen molar-refractivity contribution in [2.45, 2.75) is 60.3 Å². The molecule has 0 aliphatic carbocycles. The summed E-state index contributed by atoms with van der Waals surface area (Å²) in [4.78, 5) is 11.2. The van der Waals surface area contributed by atoms with Crippen LogP contribution in [0.3, 0.4) is 0 Å². The Morgan fingerprint density at radius 2 is 1.95 bits per heavy atom. The van der Waals surface area contributed by atoms with Gasteiger partial charge in [-0.1, -0.05) is 37.6 Å². The summed E-state index contributed by atoms with van der Waals surface area (Å²) in [6.07, 6.45) is 12.6. The first-order valence-corrected chi connectivity index (χ1v) is 7.66. The van der Waals surface area contributed by atoms with Gasteiger partial charge in [-0.25, -0.2) is 4.79 Å². The largest absolute Gasteiger partial charge is 0.463 e. The average Bonchev–Trinajstić information content (AvgIpc) is 2.38. The molecule has 0 fully saturated rings. The van der Waals surface area contributed by atoms with Crippen molar-refractivity contribution >= 4 is 5.97 Å². The molecule has 0 aromatic rings. The number of carbonyl (C=O) groups is 1. The van der Waals surface area contributed by atoms with E-state index in [4.69, 9.17) is 4.74 Å². The molecule has 0 saturated heterocycles. The summed E-state index contributed by atoms with van der Waals surface area (Å²) >= 11 is 0. The van der Waals surface area contributed by atoms with Crippen LogP contribution in [0.5, 0.6) is 0 Å². The minimum absolute atomic E-state index is 0.261. The van der Waals surface area contributed by atoms with E-state index in [2.05, 4.69) is 32.9 Å². The zero-order valence-corrected chi connectivity index (χ0v) is 13.7. The molecular formula is C18H30O2. The van der Waals surface area contributed by atoms with Gasteiger partial charge in [0.05, 0.1) is 6.61 Å². The predicted molar refractivity (Wildman–Crippen MR) is 86.6 cm³/mol. The van der Waals surface area contributed by atoms with Gasteiger partial charge >= 0.3 is 5.97 Å². The van der Waals surface area contributed by atoms with Crippen LogP contribution in [0, 0.1) is 5.92 Å². The first-order chi connectivity index (χ1) is 9.49. The fourth-order valence-electron chi connectivity index (χ4n) is 1.78. The Bertz CT molecular complexity index is 362. The number of esters is 1. The van der Waals surface area contributed by atoms with E-state index < -0.39 is 0 Å². The molecule has 2 nitrogen and oxygen atoms in total. The standard InChI is InChI=1S/C18H30O2/c1-6-15(3)10-8-11-16(4)12-9-13-17(5)14-18(19)20-7-2/h9-10,13-14,16H,6-8,11-12H2,1-5H3. The first kappa shape index (κ1) is 18.7. The third kappa shape index (κ3) is 10.6. The molecule has 0 aromatic heterocycles. The van der Waals surface area contributed by atoms with Crippen LogP contribution in [0.25, 0.3) is 0 Å². The second-order valence-corrected chi connectivity index (χ2v) is 5.37. The molecule has 20 heavy (non-hydrogen) atoms. The highest BCUT2D eigenvalue weighted by Gasteiger charge is 1.99. The molecule has 0 aliphatic rings.